The van der Waals surface area contributed by atoms with Crippen LogP contribution in [0.3, 0.4) is 0 Å². The summed E-state index contributed by atoms with van der Waals surface area (Å²) in [6.45, 7) is 5.49. The topological polar surface area (TPSA) is 81.2 Å². The molecule has 0 aromatic carbocycles. The van der Waals surface area contributed by atoms with E-state index in [-0.39, 0.29) is 5.56 Å². The van der Waals surface area contributed by atoms with Gasteiger partial charge in [0.25, 0.3) is 5.56 Å². The second-order valence-corrected chi connectivity index (χ2v) is 7.50. The van der Waals surface area contributed by atoms with Crippen molar-refractivity contribution in [1.82, 2.24) is 29.4 Å². The molecule has 0 N–H and O–H groups in total. The van der Waals surface area contributed by atoms with Crippen molar-refractivity contribution < 1.29 is 0 Å². The van der Waals surface area contributed by atoms with Crippen molar-refractivity contribution >= 4 is 11.5 Å². The molecule has 1 aliphatic rings. The van der Waals surface area contributed by atoms with Crippen LogP contribution in [0.2, 0.25) is 0 Å². The second kappa shape index (κ2) is 6.51. The Morgan fingerprint density at radius 3 is 2.72 bits per heavy atom. The number of hydrogen-bond donors (Lipinski definition) is 0. The average Bonchev–Trinajstić information content (AvgIpc) is 3.05. The molecule has 146 valence electrons. The van der Waals surface area contributed by atoms with E-state index >= 15 is 0 Å². The molecule has 8 nitrogen and oxygen atoms in total. The molecule has 0 saturated heterocycles. The van der Waals surface area contributed by atoms with Crippen molar-refractivity contribution in [3.8, 4) is 11.3 Å². The van der Waals surface area contributed by atoms with Gasteiger partial charge in [0.1, 0.15) is 0 Å². The smallest absolute Gasteiger partial charge is 0.274 e. The molecule has 0 unspecified atom stereocenters. The average molecular weight is 387 g/mol. The zero-order valence-corrected chi connectivity index (χ0v) is 16.6. The third-order valence-electron chi connectivity index (χ3n) is 5.38. The maximum absolute atomic E-state index is 12.2. The van der Waals surface area contributed by atoms with E-state index in [9.17, 15) is 4.79 Å². The summed E-state index contributed by atoms with van der Waals surface area (Å²) >= 11 is 0. The van der Waals surface area contributed by atoms with E-state index < -0.39 is 0 Å². The van der Waals surface area contributed by atoms with Crippen molar-refractivity contribution in [3.05, 3.63) is 69.5 Å². The quantitative estimate of drug-likeness (QED) is 0.524. The van der Waals surface area contributed by atoms with Crippen LogP contribution in [-0.4, -0.2) is 35.9 Å². The van der Waals surface area contributed by atoms with Gasteiger partial charge in [0.05, 0.1) is 11.4 Å². The first kappa shape index (κ1) is 17.5. The van der Waals surface area contributed by atoms with Crippen molar-refractivity contribution in [3.63, 3.8) is 0 Å². The molecule has 0 radical (unpaired) electrons. The van der Waals surface area contributed by atoms with E-state index in [2.05, 4.69) is 32.2 Å². The number of rotatable bonds is 2. The molecule has 1 aliphatic heterocycles. The van der Waals surface area contributed by atoms with Crippen LogP contribution in [0.25, 0.3) is 16.9 Å². The summed E-state index contributed by atoms with van der Waals surface area (Å²) in [5.41, 5.74) is 6.75. The summed E-state index contributed by atoms with van der Waals surface area (Å²) in [7, 11) is 1.95. The lowest BCUT2D eigenvalue weighted by atomic mass is 10.0. The number of nitrogens with zero attached hydrogens (tertiary/aromatic N) is 7. The van der Waals surface area contributed by atoms with Gasteiger partial charge in [-0.25, -0.2) is 4.98 Å². The first-order valence-electron chi connectivity index (χ1n) is 9.59. The molecular weight excluding hydrogens is 366 g/mol. The van der Waals surface area contributed by atoms with E-state index in [1.54, 1.807) is 0 Å². The van der Waals surface area contributed by atoms with Crippen molar-refractivity contribution in [2.75, 3.05) is 11.4 Å². The molecule has 0 atom stereocenters. The fourth-order valence-corrected chi connectivity index (χ4v) is 3.99. The molecule has 4 aromatic heterocycles. The van der Waals surface area contributed by atoms with Crippen LogP contribution in [0.4, 0.5) is 5.82 Å². The number of hydrogen-bond acceptors (Lipinski definition) is 6. The third kappa shape index (κ3) is 2.97. The highest BCUT2D eigenvalue weighted by Gasteiger charge is 2.22. The minimum absolute atomic E-state index is 0.177. The van der Waals surface area contributed by atoms with Gasteiger partial charge >= 0.3 is 0 Å². The monoisotopic (exact) mass is 387 g/mol. The Hall–Kier alpha value is -3.55. The minimum atomic E-state index is -0.177. The van der Waals surface area contributed by atoms with Crippen LogP contribution >= 0.6 is 0 Å². The van der Waals surface area contributed by atoms with Gasteiger partial charge in [0.2, 0.25) is 0 Å². The Kier molecular flexibility index (Phi) is 3.94. The lowest BCUT2D eigenvalue weighted by Gasteiger charge is -2.30. The Morgan fingerprint density at radius 2 is 1.93 bits per heavy atom. The van der Waals surface area contributed by atoms with Gasteiger partial charge in [-0.1, -0.05) is 0 Å². The van der Waals surface area contributed by atoms with Crippen LogP contribution in [0, 0.1) is 13.8 Å². The van der Waals surface area contributed by atoms with Gasteiger partial charge in [-0.05, 0) is 43.2 Å². The Labute approximate surface area is 167 Å². The molecule has 8 heteroatoms. The molecular formula is C21H21N7O. The molecule has 5 heterocycles. The zero-order valence-electron chi connectivity index (χ0n) is 16.6. The van der Waals surface area contributed by atoms with Gasteiger partial charge in [-0.2, -0.15) is 9.61 Å². The maximum Gasteiger partial charge on any atom is 0.274 e. The number of anilines is 1. The predicted molar refractivity (Wildman–Crippen MR) is 110 cm³/mol. The highest BCUT2D eigenvalue weighted by Crippen LogP contribution is 2.28. The Morgan fingerprint density at radius 1 is 1.07 bits per heavy atom. The van der Waals surface area contributed by atoms with Crippen LogP contribution in [-0.2, 0) is 20.0 Å². The molecule has 5 rings (SSSR count). The summed E-state index contributed by atoms with van der Waals surface area (Å²) in [5, 5.41) is 9.04. The minimum Gasteiger partial charge on any atom is -0.350 e. The van der Waals surface area contributed by atoms with Gasteiger partial charge in [-0.3, -0.25) is 14.5 Å². The number of aryl methyl sites for hydroxylation is 3. The standard InChI is InChI=1S/C21H21N7O/c1-13-8-19-22-6-4-20(29)28(19)25-21(13)27-7-5-17-16(12-27)10-15(11-23-17)18-9-14(2)24-26(18)3/h4,6,8-11H,5,7,12H2,1-3H3. The van der Waals surface area contributed by atoms with Crippen molar-refractivity contribution in [2.24, 2.45) is 7.05 Å². The number of aromatic nitrogens is 6. The summed E-state index contributed by atoms with van der Waals surface area (Å²) in [6, 6.07) is 7.59. The molecule has 4 aromatic rings. The van der Waals surface area contributed by atoms with E-state index in [0.29, 0.717) is 12.2 Å². The molecule has 0 fully saturated rings. The Bertz CT molecular complexity index is 1300. The van der Waals surface area contributed by atoms with E-state index in [0.717, 1.165) is 47.0 Å². The third-order valence-corrected chi connectivity index (χ3v) is 5.38. The molecule has 0 saturated carbocycles. The lowest BCUT2D eigenvalue weighted by molar-refractivity contribution is 0.685. The molecule has 0 amide bonds. The van der Waals surface area contributed by atoms with Gasteiger partial charge < -0.3 is 4.90 Å². The second-order valence-electron chi connectivity index (χ2n) is 7.50. The lowest BCUT2D eigenvalue weighted by Crippen LogP contribution is -2.33. The van der Waals surface area contributed by atoms with Gasteiger partial charge in [-0.15, -0.1) is 5.10 Å². The summed E-state index contributed by atoms with van der Waals surface area (Å²) < 4.78 is 3.25. The highest BCUT2D eigenvalue weighted by atomic mass is 16.1. The molecule has 29 heavy (non-hydrogen) atoms. The van der Waals surface area contributed by atoms with E-state index in [4.69, 9.17) is 4.98 Å². The van der Waals surface area contributed by atoms with Crippen LogP contribution < -0.4 is 10.5 Å². The van der Waals surface area contributed by atoms with Crippen molar-refractivity contribution in [1.29, 1.82) is 0 Å². The summed E-state index contributed by atoms with van der Waals surface area (Å²) in [5.74, 6) is 0.806. The van der Waals surface area contributed by atoms with Gasteiger partial charge in [0, 0.05) is 56.3 Å². The highest BCUT2D eigenvalue weighted by molar-refractivity contribution is 5.61. The first-order chi connectivity index (χ1) is 14.0. The SMILES string of the molecule is Cc1cc(-c2cnc3c(c2)CN(c2nn4c(=O)ccnc4cc2C)CC3)n(C)n1. The molecule has 0 aliphatic carbocycles. The largest absolute Gasteiger partial charge is 0.350 e. The fraction of sp³-hybridized carbons (Fsp3) is 0.286. The first-order valence-corrected chi connectivity index (χ1v) is 9.59. The van der Waals surface area contributed by atoms with Crippen LogP contribution in [0.15, 0.2) is 41.5 Å². The molecule has 0 spiro atoms. The van der Waals surface area contributed by atoms with Gasteiger partial charge in [0.15, 0.2) is 11.5 Å². The van der Waals surface area contributed by atoms with Crippen LogP contribution in [0.5, 0.6) is 0 Å². The normalized spacial score (nSPS) is 13.7. The maximum atomic E-state index is 12.2. The summed E-state index contributed by atoms with van der Waals surface area (Å²) in [6.07, 6.45) is 4.28. The van der Waals surface area contributed by atoms with Crippen molar-refractivity contribution in [2.45, 2.75) is 26.8 Å². The summed E-state index contributed by atoms with van der Waals surface area (Å²) in [4.78, 5) is 23.3. The fourth-order valence-electron chi connectivity index (χ4n) is 3.99. The zero-order chi connectivity index (χ0) is 20.1. The van der Waals surface area contributed by atoms with Crippen LogP contribution in [0.1, 0.15) is 22.5 Å². The number of fused-ring (bicyclic) bond motifs is 2. The Balaban J connectivity index is 1.54. The van der Waals surface area contributed by atoms with E-state index in [1.807, 2.05) is 37.8 Å². The predicted octanol–water partition coefficient (Wildman–Crippen LogP) is 2.06. The number of pyridine rings is 1. The van der Waals surface area contributed by atoms with E-state index in [1.165, 1.54) is 22.3 Å². The molecule has 0 bridgehead atoms.